The minimum absolute atomic E-state index is 0.0115. The van der Waals surface area contributed by atoms with E-state index in [9.17, 15) is 17.6 Å². The molecular formula is C26H24FN3O4S. The van der Waals surface area contributed by atoms with Gasteiger partial charge in [-0.15, -0.1) is 0 Å². The van der Waals surface area contributed by atoms with E-state index in [2.05, 4.69) is 10.0 Å². The number of ether oxygens (including phenoxy) is 1. The van der Waals surface area contributed by atoms with Gasteiger partial charge in [-0.3, -0.25) is 4.90 Å². The van der Waals surface area contributed by atoms with E-state index in [1.165, 1.54) is 29.2 Å². The van der Waals surface area contributed by atoms with E-state index in [-0.39, 0.29) is 18.0 Å². The summed E-state index contributed by atoms with van der Waals surface area (Å²) in [7, 11) is -2.30. The first-order valence-corrected chi connectivity index (χ1v) is 12.3. The number of amides is 2. The number of hydrogen-bond donors (Lipinski definition) is 2. The lowest BCUT2D eigenvalue weighted by Crippen LogP contribution is -2.41. The third-order valence-corrected chi connectivity index (χ3v) is 6.91. The molecule has 2 N–H and O–H groups in total. The molecule has 0 heterocycles. The first kappa shape index (κ1) is 24.2. The number of methoxy groups -OCH3 is 1. The summed E-state index contributed by atoms with van der Waals surface area (Å²) in [5.41, 5.74) is 0.945. The van der Waals surface area contributed by atoms with Crippen molar-refractivity contribution in [3.8, 4) is 5.75 Å². The molecule has 0 aromatic heterocycles. The smallest absolute Gasteiger partial charge is 0.326 e. The minimum atomic E-state index is -3.85. The Morgan fingerprint density at radius 3 is 2.31 bits per heavy atom. The van der Waals surface area contributed by atoms with Crippen LogP contribution in [0.15, 0.2) is 95.9 Å². The number of benzene rings is 4. The van der Waals surface area contributed by atoms with Gasteiger partial charge in [0.25, 0.3) is 0 Å². The molecule has 0 atom stereocenters. The molecule has 4 aromatic carbocycles. The summed E-state index contributed by atoms with van der Waals surface area (Å²) in [4.78, 5) is 14.6. The third-order valence-electron chi connectivity index (χ3n) is 5.39. The molecule has 9 heteroatoms. The average molecular weight is 494 g/mol. The highest BCUT2D eigenvalue weighted by molar-refractivity contribution is 7.89. The molecule has 0 fully saturated rings. The van der Waals surface area contributed by atoms with Gasteiger partial charge in [0, 0.05) is 29.9 Å². The Morgan fingerprint density at radius 1 is 0.914 bits per heavy atom. The van der Waals surface area contributed by atoms with Crippen molar-refractivity contribution in [1.82, 2.24) is 4.72 Å². The van der Waals surface area contributed by atoms with Crippen molar-refractivity contribution in [2.24, 2.45) is 0 Å². The van der Waals surface area contributed by atoms with Gasteiger partial charge in [-0.2, -0.15) is 0 Å². The number of nitrogens with one attached hydrogen (secondary N) is 2. The topological polar surface area (TPSA) is 87.7 Å². The Labute approximate surface area is 203 Å². The van der Waals surface area contributed by atoms with Gasteiger partial charge in [-0.1, -0.05) is 36.4 Å². The molecule has 4 rings (SSSR count). The number of sulfonamides is 1. The number of rotatable bonds is 8. The van der Waals surface area contributed by atoms with Crippen LogP contribution in [-0.2, 0) is 10.0 Å². The van der Waals surface area contributed by atoms with E-state index in [0.29, 0.717) is 22.5 Å². The summed E-state index contributed by atoms with van der Waals surface area (Å²) in [5, 5.41) is 4.18. The molecule has 0 saturated heterocycles. The van der Waals surface area contributed by atoms with Crippen molar-refractivity contribution in [3.63, 3.8) is 0 Å². The van der Waals surface area contributed by atoms with E-state index in [4.69, 9.17) is 4.74 Å². The van der Waals surface area contributed by atoms with Crippen LogP contribution in [0.2, 0.25) is 0 Å². The van der Waals surface area contributed by atoms with Crippen LogP contribution in [0.3, 0.4) is 0 Å². The van der Waals surface area contributed by atoms with Gasteiger partial charge in [0.2, 0.25) is 10.0 Å². The summed E-state index contributed by atoms with van der Waals surface area (Å²) >= 11 is 0. The van der Waals surface area contributed by atoms with Gasteiger partial charge in [0.1, 0.15) is 11.6 Å². The van der Waals surface area contributed by atoms with Crippen molar-refractivity contribution < 1.29 is 22.3 Å². The number of carbonyl (C=O) groups is 1. The quantitative estimate of drug-likeness (QED) is 0.361. The molecule has 7 nitrogen and oxygen atoms in total. The highest BCUT2D eigenvalue weighted by Gasteiger charge is 2.20. The van der Waals surface area contributed by atoms with Crippen molar-refractivity contribution in [3.05, 3.63) is 96.8 Å². The standard InChI is InChI=1S/C26H24FN3O4S/c1-34-23-15-11-21(12-16-23)29-26(31)30(22-13-9-20(27)10-14-22)18-17-28-35(32,33)25-8-4-6-19-5-2-3-7-24(19)25/h2-16,28H,17-18H2,1H3,(H,29,31). The highest BCUT2D eigenvalue weighted by Crippen LogP contribution is 2.23. The van der Waals surface area contributed by atoms with Crippen LogP contribution in [0.1, 0.15) is 0 Å². The van der Waals surface area contributed by atoms with Gasteiger partial charge < -0.3 is 10.1 Å². The largest absolute Gasteiger partial charge is 0.497 e. The van der Waals surface area contributed by atoms with Crippen LogP contribution in [0.25, 0.3) is 10.8 Å². The Hall–Kier alpha value is -3.95. The van der Waals surface area contributed by atoms with E-state index < -0.39 is 21.9 Å². The van der Waals surface area contributed by atoms with Gasteiger partial charge in [-0.05, 0) is 60.0 Å². The second-order valence-corrected chi connectivity index (χ2v) is 9.40. The van der Waals surface area contributed by atoms with Gasteiger partial charge in [-0.25, -0.2) is 22.3 Å². The summed E-state index contributed by atoms with van der Waals surface area (Å²) < 4.78 is 47.2. The monoisotopic (exact) mass is 493 g/mol. The first-order valence-electron chi connectivity index (χ1n) is 10.8. The van der Waals surface area contributed by atoms with Crippen LogP contribution < -0.4 is 19.7 Å². The molecule has 180 valence electrons. The van der Waals surface area contributed by atoms with Crippen molar-refractivity contribution in [2.75, 3.05) is 30.4 Å². The molecule has 0 saturated carbocycles. The maximum absolute atomic E-state index is 13.5. The maximum Gasteiger partial charge on any atom is 0.326 e. The summed E-state index contributed by atoms with van der Waals surface area (Å²) in [6, 6.07) is 24.0. The molecule has 0 aliphatic rings. The minimum Gasteiger partial charge on any atom is -0.497 e. The van der Waals surface area contributed by atoms with E-state index in [1.807, 2.05) is 18.2 Å². The van der Waals surface area contributed by atoms with Crippen LogP contribution in [-0.4, -0.2) is 34.6 Å². The molecule has 0 spiro atoms. The van der Waals surface area contributed by atoms with E-state index in [0.717, 1.165) is 5.39 Å². The Balaban J connectivity index is 1.51. The zero-order valence-corrected chi connectivity index (χ0v) is 19.8. The molecule has 35 heavy (non-hydrogen) atoms. The molecule has 2 amide bonds. The maximum atomic E-state index is 13.5. The normalized spacial score (nSPS) is 11.3. The summed E-state index contributed by atoms with van der Waals surface area (Å²) in [5.74, 6) is 0.196. The summed E-state index contributed by atoms with van der Waals surface area (Å²) in [6.45, 7) is -0.0451. The lowest BCUT2D eigenvalue weighted by atomic mass is 10.1. The molecule has 0 bridgehead atoms. The van der Waals surface area contributed by atoms with Crippen LogP contribution in [0.4, 0.5) is 20.6 Å². The van der Waals surface area contributed by atoms with E-state index in [1.54, 1.807) is 55.6 Å². The number of urea groups is 1. The lowest BCUT2D eigenvalue weighted by molar-refractivity contribution is 0.257. The number of nitrogens with zero attached hydrogens (tertiary/aromatic N) is 1. The molecule has 0 aliphatic heterocycles. The summed E-state index contributed by atoms with van der Waals surface area (Å²) in [6.07, 6.45) is 0. The molecule has 0 aliphatic carbocycles. The average Bonchev–Trinajstić information content (AvgIpc) is 2.87. The third kappa shape index (κ3) is 5.76. The Bertz CT molecular complexity index is 1420. The SMILES string of the molecule is COc1ccc(NC(=O)N(CCNS(=O)(=O)c2cccc3ccccc23)c2ccc(F)cc2)cc1. The van der Waals surface area contributed by atoms with Crippen molar-refractivity contribution in [2.45, 2.75) is 4.90 Å². The number of carbonyl (C=O) groups excluding carboxylic acids is 1. The number of fused-ring (bicyclic) bond motifs is 1. The lowest BCUT2D eigenvalue weighted by Gasteiger charge is -2.23. The van der Waals surface area contributed by atoms with Crippen LogP contribution in [0, 0.1) is 5.82 Å². The molecule has 0 unspecified atom stereocenters. The second kappa shape index (κ2) is 10.5. The van der Waals surface area contributed by atoms with Gasteiger partial charge in [0.05, 0.1) is 12.0 Å². The first-order chi connectivity index (χ1) is 16.9. The molecule has 0 radical (unpaired) electrons. The Morgan fingerprint density at radius 2 is 1.60 bits per heavy atom. The zero-order valence-electron chi connectivity index (χ0n) is 18.9. The second-order valence-electron chi connectivity index (χ2n) is 7.66. The number of anilines is 2. The number of hydrogen-bond acceptors (Lipinski definition) is 4. The molecule has 4 aromatic rings. The fourth-order valence-corrected chi connectivity index (χ4v) is 4.88. The van der Waals surface area contributed by atoms with Crippen molar-refractivity contribution in [1.29, 1.82) is 0 Å². The fourth-order valence-electron chi connectivity index (χ4n) is 3.63. The number of halogens is 1. The van der Waals surface area contributed by atoms with Crippen LogP contribution >= 0.6 is 0 Å². The van der Waals surface area contributed by atoms with Gasteiger partial charge >= 0.3 is 6.03 Å². The van der Waals surface area contributed by atoms with Crippen LogP contribution in [0.5, 0.6) is 5.75 Å². The predicted octanol–water partition coefficient (Wildman–Crippen LogP) is 5.00. The zero-order chi connectivity index (χ0) is 24.8. The Kier molecular flexibility index (Phi) is 7.28. The fraction of sp³-hybridized carbons (Fsp3) is 0.115. The highest BCUT2D eigenvalue weighted by atomic mass is 32.2. The van der Waals surface area contributed by atoms with Crippen molar-refractivity contribution >= 4 is 38.2 Å². The predicted molar refractivity (Wildman–Crippen MR) is 135 cm³/mol. The van der Waals surface area contributed by atoms with Gasteiger partial charge in [0.15, 0.2) is 0 Å². The molecular weight excluding hydrogens is 469 g/mol. The van der Waals surface area contributed by atoms with E-state index >= 15 is 0 Å².